The molecule has 0 aromatic heterocycles. The van der Waals surface area contributed by atoms with Gasteiger partial charge in [0.1, 0.15) is 11.6 Å². The molecule has 1 aliphatic heterocycles. The zero-order valence-electron chi connectivity index (χ0n) is 9.01. The quantitative estimate of drug-likeness (QED) is 0.866. The van der Waals surface area contributed by atoms with E-state index in [2.05, 4.69) is 5.32 Å². The summed E-state index contributed by atoms with van der Waals surface area (Å²) < 4.78 is 26.1. The second kappa shape index (κ2) is 6.16. The lowest BCUT2D eigenvalue weighted by Crippen LogP contribution is -2.09. The lowest BCUT2D eigenvalue weighted by atomic mass is 9.98. The molecule has 1 fully saturated rings. The summed E-state index contributed by atoms with van der Waals surface area (Å²) in [6, 6.07) is 3.67. The van der Waals surface area contributed by atoms with Crippen LogP contribution in [-0.4, -0.2) is 13.1 Å². The Kier molecular flexibility index (Phi) is 5.16. The molecule has 0 spiro atoms. The van der Waals surface area contributed by atoms with E-state index >= 15 is 0 Å². The molecule has 0 radical (unpaired) electrons. The minimum atomic E-state index is -0.351. The molecule has 0 amide bonds. The fourth-order valence-electron chi connectivity index (χ4n) is 2.06. The Bertz CT molecular complexity index is 338. The van der Waals surface area contributed by atoms with Gasteiger partial charge in [-0.1, -0.05) is 0 Å². The number of benzene rings is 1. The molecule has 4 heteroatoms. The van der Waals surface area contributed by atoms with Crippen molar-refractivity contribution in [2.24, 2.45) is 5.92 Å². The summed E-state index contributed by atoms with van der Waals surface area (Å²) in [4.78, 5) is 0. The first-order valence-corrected chi connectivity index (χ1v) is 5.40. The van der Waals surface area contributed by atoms with Crippen LogP contribution in [0.4, 0.5) is 8.78 Å². The molecule has 1 heterocycles. The Morgan fingerprint density at radius 1 is 1.31 bits per heavy atom. The third-order valence-corrected chi connectivity index (χ3v) is 2.99. The Morgan fingerprint density at radius 3 is 2.81 bits per heavy atom. The Morgan fingerprint density at radius 2 is 2.12 bits per heavy atom. The van der Waals surface area contributed by atoms with Crippen LogP contribution >= 0.6 is 12.4 Å². The van der Waals surface area contributed by atoms with Crippen LogP contribution in [0.2, 0.25) is 0 Å². The van der Waals surface area contributed by atoms with Gasteiger partial charge in [-0.15, -0.1) is 12.4 Å². The SMILES string of the molecule is Cl.Fc1ccc(F)c(CCC2CCNC2)c1. The molecule has 16 heavy (non-hydrogen) atoms. The monoisotopic (exact) mass is 247 g/mol. The number of hydrogen-bond acceptors (Lipinski definition) is 1. The lowest BCUT2D eigenvalue weighted by Gasteiger charge is -2.08. The van der Waals surface area contributed by atoms with E-state index < -0.39 is 0 Å². The van der Waals surface area contributed by atoms with Gasteiger partial charge >= 0.3 is 0 Å². The van der Waals surface area contributed by atoms with Crippen molar-refractivity contribution in [3.63, 3.8) is 0 Å². The molecule has 1 aromatic rings. The highest BCUT2D eigenvalue weighted by Crippen LogP contribution is 2.18. The van der Waals surface area contributed by atoms with Gasteiger partial charge in [-0.2, -0.15) is 0 Å². The van der Waals surface area contributed by atoms with Crippen LogP contribution in [-0.2, 0) is 6.42 Å². The number of hydrogen-bond donors (Lipinski definition) is 1. The molecule has 0 aliphatic carbocycles. The summed E-state index contributed by atoms with van der Waals surface area (Å²) in [5.74, 6) is -0.0222. The van der Waals surface area contributed by atoms with Gasteiger partial charge in [0.05, 0.1) is 0 Å². The van der Waals surface area contributed by atoms with Gasteiger partial charge in [-0.05, 0) is 62.0 Å². The van der Waals surface area contributed by atoms with Gasteiger partial charge < -0.3 is 5.32 Å². The summed E-state index contributed by atoms with van der Waals surface area (Å²) in [5, 5.41) is 3.27. The number of rotatable bonds is 3. The molecule has 1 nitrogen and oxygen atoms in total. The summed E-state index contributed by atoms with van der Waals surface area (Å²) in [6.07, 6.45) is 2.72. The summed E-state index contributed by atoms with van der Waals surface area (Å²) in [7, 11) is 0. The average molecular weight is 248 g/mol. The molecular weight excluding hydrogens is 232 g/mol. The number of halogens is 3. The molecule has 0 bridgehead atoms. The highest BCUT2D eigenvalue weighted by molar-refractivity contribution is 5.85. The van der Waals surface area contributed by atoms with Crippen LogP contribution in [0, 0.1) is 17.6 Å². The van der Waals surface area contributed by atoms with Crippen molar-refractivity contribution in [3.8, 4) is 0 Å². The highest BCUT2D eigenvalue weighted by Gasteiger charge is 2.15. The van der Waals surface area contributed by atoms with Crippen LogP contribution in [0.25, 0.3) is 0 Å². The third-order valence-electron chi connectivity index (χ3n) is 2.99. The van der Waals surface area contributed by atoms with E-state index in [1.807, 2.05) is 0 Å². The largest absolute Gasteiger partial charge is 0.316 e. The van der Waals surface area contributed by atoms with Crippen LogP contribution in [0.1, 0.15) is 18.4 Å². The van der Waals surface area contributed by atoms with E-state index in [0.29, 0.717) is 17.9 Å². The predicted octanol–water partition coefficient (Wildman–Crippen LogP) is 2.93. The topological polar surface area (TPSA) is 12.0 Å². The van der Waals surface area contributed by atoms with Gasteiger partial charge in [0, 0.05) is 0 Å². The maximum absolute atomic E-state index is 13.3. The molecule has 1 unspecified atom stereocenters. The van der Waals surface area contributed by atoms with E-state index in [1.54, 1.807) is 0 Å². The first kappa shape index (κ1) is 13.4. The fourth-order valence-corrected chi connectivity index (χ4v) is 2.06. The van der Waals surface area contributed by atoms with Crippen molar-refractivity contribution in [1.82, 2.24) is 5.32 Å². The maximum atomic E-state index is 13.3. The third kappa shape index (κ3) is 3.42. The zero-order chi connectivity index (χ0) is 10.7. The van der Waals surface area contributed by atoms with E-state index in [-0.39, 0.29) is 24.0 Å². The molecule has 0 saturated carbocycles. The van der Waals surface area contributed by atoms with E-state index in [9.17, 15) is 8.78 Å². The maximum Gasteiger partial charge on any atom is 0.126 e. The smallest absolute Gasteiger partial charge is 0.126 e. The van der Waals surface area contributed by atoms with E-state index in [0.717, 1.165) is 32.0 Å². The Balaban J connectivity index is 0.00000128. The number of aryl methyl sites for hydroxylation is 1. The molecule has 2 rings (SSSR count). The Labute approximate surface area is 101 Å². The van der Waals surface area contributed by atoms with Crippen LogP contribution in [0.5, 0.6) is 0 Å². The molecule has 1 N–H and O–H groups in total. The summed E-state index contributed by atoms with van der Waals surface area (Å²) in [5.41, 5.74) is 0.502. The van der Waals surface area contributed by atoms with Gasteiger partial charge in [-0.25, -0.2) is 8.78 Å². The number of nitrogens with one attached hydrogen (secondary N) is 1. The van der Waals surface area contributed by atoms with Crippen molar-refractivity contribution < 1.29 is 8.78 Å². The normalized spacial score (nSPS) is 19.5. The molecule has 1 saturated heterocycles. The average Bonchev–Trinajstić information content (AvgIpc) is 2.72. The summed E-state index contributed by atoms with van der Waals surface area (Å²) >= 11 is 0. The van der Waals surface area contributed by atoms with Gasteiger partial charge in [0.25, 0.3) is 0 Å². The molecule has 90 valence electrons. The summed E-state index contributed by atoms with van der Waals surface area (Å²) in [6.45, 7) is 2.06. The van der Waals surface area contributed by atoms with Gasteiger partial charge in [-0.3, -0.25) is 0 Å². The highest BCUT2D eigenvalue weighted by atomic mass is 35.5. The van der Waals surface area contributed by atoms with Crippen molar-refractivity contribution in [2.45, 2.75) is 19.3 Å². The molecular formula is C12H16ClF2N. The second-order valence-corrected chi connectivity index (χ2v) is 4.13. The molecule has 1 aliphatic rings. The van der Waals surface area contributed by atoms with Gasteiger partial charge in [0.2, 0.25) is 0 Å². The molecule has 1 aromatic carbocycles. The van der Waals surface area contributed by atoms with E-state index in [1.165, 1.54) is 12.1 Å². The minimum absolute atomic E-state index is 0. The van der Waals surface area contributed by atoms with Gasteiger partial charge in [0.15, 0.2) is 0 Å². The fraction of sp³-hybridized carbons (Fsp3) is 0.500. The first-order valence-electron chi connectivity index (χ1n) is 5.40. The second-order valence-electron chi connectivity index (χ2n) is 4.13. The van der Waals surface area contributed by atoms with Crippen LogP contribution in [0.15, 0.2) is 18.2 Å². The van der Waals surface area contributed by atoms with Crippen molar-refractivity contribution in [1.29, 1.82) is 0 Å². The van der Waals surface area contributed by atoms with Crippen LogP contribution in [0.3, 0.4) is 0 Å². The zero-order valence-corrected chi connectivity index (χ0v) is 9.83. The van der Waals surface area contributed by atoms with Crippen LogP contribution < -0.4 is 5.32 Å². The standard InChI is InChI=1S/C12H15F2N.ClH/c13-11-3-4-12(14)10(7-11)2-1-9-5-6-15-8-9;/h3-4,7,9,15H,1-2,5-6,8H2;1H. The predicted molar refractivity (Wildman–Crippen MR) is 62.9 cm³/mol. The minimum Gasteiger partial charge on any atom is -0.316 e. The Hall–Kier alpha value is -0.670. The first-order chi connectivity index (χ1) is 7.25. The van der Waals surface area contributed by atoms with E-state index in [4.69, 9.17) is 0 Å². The molecule has 1 atom stereocenters. The van der Waals surface area contributed by atoms with Crippen molar-refractivity contribution >= 4 is 12.4 Å². The van der Waals surface area contributed by atoms with Crippen molar-refractivity contribution in [3.05, 3.63) is 35.4 Å². The van der Waals surface area contributed by atoms with Crippen molar-refractivity contribution in [2.75, 3.05) is 13.1 Å². The lowest BCUT2D eigenvalue weighted by molar-refractivity contribution is 0.516.